The molecule has 1 heterocycles. The number of ether oxygens (including phenoxy) is 3. The van der Waals surface area contributed by atoms with Crippen LogP contribution in [0.3, 0.4) is 0 Å². The number of aliphatic hydroxyl groups excluding tert-OH is 1. The highest BCUT2D eigenvalue weighted by Gasteiger charge is 2.18. The average Bonchev–Trinajstić information content (AvgIpc) is 3.29. The van der Waals surface area contributed by atoms with Crippen LogP contribution in [0.5, 0.6) is 11.5 Å². The average molecular weight is 446 g/mol. The lowest BCUT2D eigenvalue weighted by atomic mass is 10.1. The number of aliphatic hydroxyl groups is 1. The summed E-state index contributed by atoms with van der Waals surface area (Å²) in [6, 6.07) is 11.8. The Morgan fingerprint density at radius 2 is 2.06 bits per heavy atom. The van der Waals surface area contributed by atoms with E-state index < -0.39 is 6.10 Å². The number of aliphatic imine (C=N–C) groups is 1. The van der Waals surface area contributed by atoms with Gasteiger partial charge in [-0.1, -0.05) is 12.1 Å². The van der Waals surface area contributed by atoms with Gasteiger partial charge < -0.3 is 30.0 Å². The predicted molar refractivity (Wildman–Crippen MR) is 122 cm³/mol. The number of nitrogens with zero attached hydrogens (tertiary/aromatic N) is 1. The van der Waals surface area contributed by atoms with Crippen molar-refractivity contribution >= 4 is 5.96 Å². The Morgan fingerprint density at radius 3 is 2.78 bits per heavy atom. The summed E-state index contributed by atoms with van der Waals surface area (Å²) >= 11 is 0. The molecule has 3 N–H and O–H groups in total. The van der Waals surface area contributed by atoms with Gasteiger partial charge >= 0.3 is 0 Å². The van der Waals surface area contributed by atoms with Gasteiger partial charge in [0.2, 0.25) is 0 Å². The van der Waals surface area contributed by atoms with Gasteiger partial charge in [0.25, 0.3) is 0 Å². The normalized spacial score (nSPS) is 17.1. The molecule has 0 aliphatic carbocycles. The third-order valence-corrected chi connectivity index (χ3v) is 4.92. The van der Waals surface area contributed by atoms with Crippen molar-refractivity contribution in [3.63, 3.8) is 0 Å². The largest absolute Gasteiger partial charge is 0.491 e. The Bertz CT molecular complexity index is 870. The highest BCUT2D eigenvalue weighted by molar-refractivity contribution is 5.79. The van der Waals surface area contributed by atoms with Crippen LogP contribution in [0.4, 0.5) is 4.39 Å². The second-order valence-corrected chi connectivity index (χ2v) is 7.71. The fourth-order valence-electron chi connectivity index (χ4n) is 3.19. The third-order valence-electron chi connectivity index (χ3n) is 4.92. The Labute approximate surface area is 188 Å². The zero-order chi connectivity index (χ0) is 22.8. The molecule has 2 atom stereocenters. The van der Waals surface area contributed by atoms with E-state index in [1.807, 2.05) is 32.0 Å². The first-order valence-corrected chi connectivity index (χ1v) is 11.0. The molecular formula is C24H32FN3O4. The molecule has 2 unspecified atom stereocenters. The van der Waals surface area contributed by atoms with Crippen LogP contribution in [0.2, 0.25) is 0 Å². The summed E-state index contributed by atoms with van der Waals surface area (Å²) in [6.07, 6.45) is 0.199. The molecule has 0 aromatic heterocycles. The van der Waals surface area contributed by atoms with Crippen LogP contribution < -0.4 is 20.1 Å². The molecule has 2 aromatic rings. The molecule has 0 saturated carbocycles. The minimum absolute atomic E-state index is 0.0714. The molecule has 32 heavy (non-hydrogen) atoms. The van der Waals surface area contributed by atoms with Gasteiger partial charge in [-0.2, -0.15) is 0 Å². The third kappa shape index (κ3) is 7.69. The number of halogens is 1. The molecule has 1 aliphatic heterocycles. The van der Waals surface area contributed by atoms with Gasteiger partial charge in [-0.25, -0.2) is 9.38 Å². The second-order valence-electron chi connectivity index (χ2n) is 7.71. The highest BCUT2D eigenvalue weighted by atomic mass is 19.1. The topological polar surface area (TPSA) is 84.3 Å². The van der Waals surface area contributed by atoms with Crippen LogP contribution in [0.15, 0.2) is 47.5 Å². The van der Waals surface area contributed by atoms with Crippen molar-refractivity contribution in [1.82, 2.24) is 10.6 Å². The summed E-state index contributed by atoms with van der Waals surface area (Å²) in [7, 11) is 0. The molecule has 8 heteroatoms. The van der Waals surface area contributed by atoms with E-state index in [0.717, 1.165) is 29.9 Å². The lowest BCUT2D eigenvalue weighted by Gasteiger charge is -2.17. The van der Waals surface area contributed by atoms with E-state index in [1.54, 1.807) is 0 Å². The first-order chi connectivity index (χ1) is 15.5. The predicted octanol–water partition coefficient (Wildman–Crippen LogP) is 2.80. The van der Waals surface area contributed by atoms with Gasteiger partial charge in [0.1, 0.15) is 36.1 Å². The van der Waals surface area contributed by atoms with Crippen molar-refractivity contribution in [2.45, 2.75) is 39.0 Å². The standard InChI is InChI=1S/C24H32FN3O4/c1-3-26-24(28-14-20(29)15-31-21-8-6-19(25)7-9-21)27-13-18-5-4-17(2)12-23(18)32-22-10-11-30-16-22/h4-9,12,20,22,29H,3,10-11,13-16H2,1-2H3,(H2,26,27,28). The lowest BCUT2D eigenvalue weighted by molar-refractivity contribution is 0.110. The summed E-state index contributed by atoms with van der Waals surface area (Å²) in [4.78, 5) is 4.64. The zero-order valence-electron chi connectivity index (χ0n) is 18.6. The van der Waals surface area contributed by atoms with E-state index in [9.17, 15) is 9.50 Å². The van der Waals surface area contributed by atoms with Gasteiger partial charge in [0.05, 0.1) is 19.8 Å². The van der Waals surface area contributed by atoms with E-state index >= 15 is 0 Å². The van der Waals surface area contributed by atoms with Crippen molar-refractivity contribution in [1.29, 1.82) is 0 Å². The number of hydrogen-bond donors (Lipinski definition) is 3. The Morgan fingerprint density at radius 1 is 1.25 bits per heavy atom. The molecule has 0 bridgehead atoms. The number of hydrogen-bond acceptors (Lipinski definition) is 5. The van der Waals surface area contributed by atoms with Gasteiger partial charge in [-0.05, 0) is 49.7 Å². The molecule has 3 rings (SSSR count). The van der Waals surface area contributed by atoms with Crippen molar-refractivity contribution in [3.05, 3.63) is 59.4 Å². The van der Waals surface area contributed by atoms with Crippen molar-refractivity contribution in [2.24, 2.45) is 4.99 Å². The summed E-state index contributed by atoms with van der Waals surface area (Å²) < 4.78 is 30.0. The summed E-state index contributed by atoms with van der Waals surface area (Å²) in [5.74, 6) is 1.59. The minimum Gasteiger partial charge on any atom is -0.491 e. The Hall–Kier alpha value is -2.84. The van der Waals surface area contributed by atoms with E-state index in [-0.39, 0.29) is 25.1 Å². The summed E-state index contributed by atoms with van der Waals surface area (Å²) in [6.45, 7) is 6.80. The Balaban J connectivity index is 1.54. The number of rotatable bonds is 10. The van der Waals surface area contributed by atoms with Crippen LogP contribution in [-0.4, -0.2) is 56.2 Å². The zero-order valence-corrected chi connectivity index (χ0v) is 18.6. The van der Waals surface area contributed by atoms with E-state index in [1.165, 1.54) is 24.3 Å². The fraction of sp³-hybridized carbons (Fsp3) is 0.458. The summed E-state index contributed by atoms with van der Waals surface area (Å²) in [5.41, 5.74) is 2.11. The van der Waals surface area contributed by atoms with Gasteiger partial charge in [-0.15, -0.1) is 0 Å². The number of aryl methyl sites for hydroxylation is 1. The van der Waals surface area contributed by atoms with E-state index in [4.69, 9.17) is 14.2 Å². The maximum Gasteiger partial charge on any atom is 0.191 e. The van der Waals surface area contributed by atoms with Crippen molar-refractivity contribution in [2.75, 3.05) is 32.9 Å². The van der Waals surface area contributed by atoms with Crippen LogP contribution in [0.1, 0.15) is 24.5 Å². The molecular weight excluding hydrogens is 413 g/mol. The van der Waals surface area contributed by atoms with Crippen LogP contribution >= 0.6 is 0 Å². The summed E-state index contributed by atoms with van der Waals surface area (Å²) in [5, 5.41) is 16.5. The SMILES string of the molecule is CCNC(=NCc1ccc(C)cc1OC1CCOC1)NCC(O)COc1ccc(F)cc1. The molecule has 7 nitrogen and oxygen atoms in total. The molecule has 1 aliphatic rings. The molecule has 1 fully saturated rings. The first-order valence-electron chi connectivity index (χ1n) is 11.0. The maximum atomic E-state index is 13.0. The van der Waals surface area contributed by atoms with Crippen LogP contribution in [-0.2, 0) is 11.3 Å². The van der Waals surface area contributed by atoms with E-state index in [0.29, 0.717) is 31.4 Å². The molecule has 0 spiro atoms. The maximum absolute atomic E-state index is 13.0. The smallest absolute Gasteiger partial charge is 0.191 e. The molecule has 0 amide bonds. The van der Waals surface area contributed by atoms with Crippen LogP contribution in [0, 0.1) is 12.7 Å². The fourth-order valence-corrected chi connectivity index (χ4v) is 3.19. The second kappa shape index (κ2) is 12.3. The van der Waals surface area contributed by atoms with Gasteiger partial charge in [-0.3, -0.25) is 0 Å². The number of guanidine groups is 1. The number of nitrogens with one attached hydrogen (secondary N) is 2. The molecule has 174 valence electrons. The van der Waals surface area contributed by atoms with Gasteiger partial charge in [0, 0.05) is 25.1 Å². The monoisotopic (exact) mass is 445 g/mol. The first kappa shape index (κ1) is 23.8. The lowest BCUT2D eigenvalue weighted by Crippen LogP contribution is -2.42. The van der Waals surface area contributed by atoms with E-state index in [2.05, 4.69) is 15.6 Å². The van der Waals surface area contributed by atoms with Crippen LogP contribution in [0.25, 0.3) is 0 Å². The number of benzene rings is 2. The molecule has 1 saturated heterocycles. The quantitative estimate of drug-likeness (QED) is 0.385. The molecule has 2 aromatic carbocycles. The Kier molecular flexibility index (Phi) is 9.13. The van der Waals surface area contributed by atoms with Gasteiger partial charge in [0.15, 0.2) is 5.96 Å². The minimum atomic E-state index is -0.760. The van der Waals surface area contributed by atoms with Crippen molar-refractivity contribution in [3.8, 4) is 11.5 Å². The highest BCUT2D eigenvalue weighted by Crippen LogP contribution is 2.24. The molecule has 0 radical (unpaired) electrons. The van der Waals surface area contributed by atoms with Crippen molar-refractivity contribution < 1.29 is 23.7 Å².